The summed E-state index contributed by atoms with van der Waals surface area (Å²) in [5, 5.41) is 0. The third kappa shape index (κ3) is 3.43. The Morgan fingerprint density at radius 2 is 2.12 bits per heavy atom. The molecule has 1 fully saturated rings. The summed E-state index contributed by atoms with van der Waals surface area (Å²) in [6.45, 7) is 4.65. The van der Waals surface area contributed by atoms with Crippen LogP contribution in [0.25, 0.3) is 0 Å². The quantitative estimate of drug-likeness (QED) is 0.730. The molecule has 0 radical (unpaired) electrons. The number of carbonyl (C=O) groups excluding carboxylic acids is 2. The first-order valence-corrected chi connectivity index (χ1v) is 6.11. The SMILES string of the molecule is COC(=O)C1CCCN1C(=O)[C@H](N)CC(C)C. The number of carbonyl (C=O) groups is 2. The standard InChI is InChI=1S/C12H22N2O3/c1-8(2)7-9(13)11(15)14-6-4-5-10(14)12(16)17-3/h8-10H,4-7,13H2,1-3H3/t9-,10?/m1/s1. The van der Waals surface area contributed by atoms with Gasteiger partial charge in [-0.25, -0.2) is 4.79 Å². The molecule has 1 rings (SSSR count). The van der Waals surface area contributed by atoms with Crippen LogP contribution in [0.3, 0.4) is 0 Å². The molecule has 1 aliphatic heterocycles. The Morgan fingerprint density at radius 1 is 1.47 bits per heavy atom. The lowest BCUT2D eigenvalue weighted by Crippen LogP contribution is -2.49. The van der Waals surface area contributed by atoms with Gasteiger partial charge in [-0.3, -0.25) is 4.79 Å². The maximum absolute atomic E-state index is 12.1. The fourth-order valence-electron chi connectivity index (χ4n) is 2.23. The molecule has 0 aromatic carbocycles. The van der Waals surface area contributed by atoms with Crippen molar-refractivity contribution >= 4 is 11.9 Å². The number of hydrogen-bond donors (Lipinski definition) is 1. The second-order valence-corrected chi connectivity index (χ2v) is 4.95. The van der Waals surface area contributed by atoms with Crippen molar-refractivity contribution in [3.05, 3.63) is 0 Å². The van der Waals surface area contributed by atoms with E-state index in [-0.39, 0.29) is 11.9 Å². The average Bonchev–Trinajstić information content (AvgIpc) is 2.74. The molecule has 1 aliphatic rings. The molecule has 2 N–H and O–H groups in total. The fraction of sp³-hybridized carbons (Fsp3) is 0.833. The van der Waals surface area contributed by atoms with Crippen molar-refractivity contribution in [2.45, 2.75) is 45.2 Å². The van der Waals surface area contributed by atoms with Crippen LogP contribution in [-0.4, -0.2) is 42.5 Å². The lowest BCUT2D eigenvalue weighted by molar-refractivity contribution is -0.151. The van der Waals surface area contributed by atoms with E-state index in [0.29, 0.717) is 25.3 Å². The van der Waals surface area contributed by atoms with Crippen molar-refractivity contribution in [3.63, 3.8) is 0 Å². The molecule has 0 aromatic rings. The van der Waals surface area contributed by atoms with Crippen LogP contribution < -0.4 is 5.73 Å². The highest BCUT2D eigenvalue weighted by Crippen LogP contribution is 2.20. The summed E-state index contributed by atoms with van der Waals surface area (Å²) in [7, 11) is 1.34. The van der Waals surface area contributed by atoms with E-state index in [0.717, 1.165) is 6.42 Å². The van der Waals surface area contributed by atoms with Gasteiger partial charge in [-0.1, -0.05) is 13.8 Å². The van der Waals surface area contributed by atoms with Crippen molar-refractivity contribution in [2.75, 3.05) is 13.7 Å². The van der Waals surface area contributed by atoms with Crippen LogP contribution >= 0.6 is 0 Å². The Kier molecular flexibility index (Phi) is 4.93. The summed E-state index contributed by atoms with van der Waals surface area (Å²) in [6.07, 6.45) is 2.15. The number of hydrogen-bond acceptors (Lipinski definition) is 4. The Labute approximate surface area is 102 Å². The van der Waals surface area contributed by atoms with Crippen LogP contribution in [0.1, 0.15) is 33.1 Å². The van der Waals surface area contributed by atoms with E-state index in [4.69, 9.17) is 10.5 Å². The highest BCUT2D eigenvalue weighted by atomic mass is 16.5. The smallest absolute Gasteiger partial charge is 0.328 e. The van der Waals surface area contributed by atoms with Crippen molar-refractivity contribution < 1.29 is 14.3 Å². The molecule has 0 aromatic heterocycles. The number of esters is 1. The number of rotatable bonds is 4. The summed E-state index contributed by atoms with van der Waals surface area (Å²) < 4.78 is 4.70. The van der Waals surface area contributed by atoms with Crippen LogP contribution in [0.5, 0.6) is 0 Å². The fourth-order valence-corrected chi connectivity index (χ4v) is 2.23. The van der Waals surface area contributed by atoms with Crippen molar-refractivity contribution in [1.29, 1.82) is 0 Å². The monoisotopic (exact) mass is 242 g/mol. The average molecular weight is 242 g/mol. The molecule has 5 nitrogen and oxygen atoms in total. The number of likely N-dealkylation sites (tertiary alicyclic amines) is 1. The molecule has 1 unspecified atom stereocenters. The molecule has 1 heterocycles. The molecule has 1 saturated heterocycles. The largest absolute Gasteiger partial charge is 0.467 e. The number of nitrogens with zero attached hydrogens (tertiary/aromatic N) is 1. The Morgan fingerprint density at radius 3 is 2.65 bits per heavy atom. The molecule has 0 aliphatic carbocycles. The molecule has 0 spiro atoms. The predicted octanol–water partition coefficient (Wildman–Crippen LogP) is 0.524. The molecule has 0 bridgehead atoms. The van der Waals surface area contributed by atoms with Gasteiger partial charge in [0, 0.05) is 6.54 Å². The summed E-state index contributed by atoms with van der Waals surface area (Å²) in [5.74, 6) is -0.104. The normalized spacial score (nSPS) is 21.7. The minimum Gasteiger partial charge on any atom is -0.467 e. The lowest BCUT2D eigenvalue weighted by atomic mass is 10.0. The van der Waals surface area contributed by atoms with E-state index in [1.807, 2.05) is 13.8 Å². The predicted molar refractivity (Wildman–Crippen MR) is 64.2 cm³/mol. The Bertz CT molecular complexity index is 291. The van der Waals surface area contributed by atoms with Gasteiger partial charge in [-0.2, -0.15) is 0 Å². The second kappa shape index (κ2) is 6.00. The van der Waals surface area contributed by atoms with Gasteiger partial charge in [-0.15, -0.1) is 0 Å². The summed E-state index contributed by atoms with van der Waals surface area (Å²) in [4.78, 5) is 25.2. The molecule has 17 heavy (non-hydrogen) atoms. The molecule has 5 heteroatoms. The third-order valence-electron chi connectivity index (χ3n) is 3.05. The van der Waals surface area contributed by atoms with Crippen LogP contribution in [0.15, 0.2) is 0 Å². The van der Waals surface area contributed by atoms with Gasteiger partial charge in [0.15, 0.2) is 0 Å². The summed E-state index contributed by atoms with van der Waals surface area (Å²) >= 11 is 0. The molecular formula is C12H22N2O3. The number of ether oxygens (including phenoxy) is 1. The maximum atomic E-state index is 12.1. The number of nitrogens with two attached hydrogens (primary N) is 1. The van der Waals surface area contributed by atoms with E-state index in [2.05, 4.69) is 0 Å². The van der Waals surface area contributed by atoms with Crippen molar-refractivity contribution in [2.24, 2.45) is 11.7 Å². The van der Waals surface area contributed by atoms with E-state index in [1.54, 1.807) is 4.90 Å². The van der Waals surface area contributed by atoms with Gasteiger partial charge in [0.1, 0.15) is 6.04 Å². The summed E-state index contributed by atoms with van der Waals surface area (Å²) in [5.41, 5.74) is 5.86. The van der Waals surface area contributed by atoms with Gasteiger partial charge in [0.05, 0.1) is 13.2 Å². The van der Waals surface area contributed by atoms with Gasteiger partial charge in [0.2, 0.25) is 5.91 Å². The van der Waals surface area contributed by atoms with E-state index >= 15 is 0 Å². The van der Waals surface area contributed by atoms with Crippen LogP contribution in [-0.2, 0) is 14.3 Å². The Hall–Kier alpha value is -1.10. The summed E-state index contributed by atoms with van der Waals surface area (Å²) in [6, 6.07) is -0.953. The van der Waals surface area contributed by atoms with Crippen LogP contribution in [0, 0.1) is 5.92 Å². The van der Waals surface area contributed by atoms with Crippen LogP contribution in [0.4, 0.5) is 0 Å². The van der Waals surface area contributed by atoms with E-state index in [9.17, 15) is 9.59 Å². The second-order valence-electron chi connectivity index (χ2n) is 4.95. The van der Waals surface area contributed by atoms with E-state index < -0.39 is 12.1 Å². The highest BCUT2D eigenvalue weighted by molar-refractivity contribution is 5.88. The topological polar surface area (TPSA) is 72.6 Å². The zero-order valence-electron chi connectivity index (χ0n) is 10.8. The molecule has 0 saturated carbocycles. The van der Waals surface area contributed by atoms with Gasteiger partial charge in [-0.05, 0) is 25.2 Å². The Balaban J connectivity index is 2.64. The van der Waals surface area contributed by atoms with Crippen LogP contribution in [0.2, 0.25) is 0 Å². The van der Waals surface area contributed by atoms with Gasteiger partial charge < -0.3 is 15.4 Å². The number of amides is 1. The zero-order valence-corrected chi connectivity index (χ0v) is 10.8. The minimum absolute atomic E-state index is 0.133. The molecule has 98 valence electrons. The van der Waals surface area contributed by atoms with E-state index in [1.165, 1.54) is 7.11 Å². The van der Waals surface area contributed by atoms with Gasteiger partial charge in [0.25, 0.3) is 0 Å². The third-order valence-corrected chi connectivity index (χ3v) is 3.05. The van der Waals surface area contributed by atoms with Crippen molar-refractivity contribution in [3.8, 4) is 0 Å². The maximum Gasteiger partial charge on any atom is 0.328 e. The lowest BCUT2D eigenvalue weighted by Gasteiger charge is -2.26. The molecular weight excluding hydrogens is 220 g/mol. The molecule has 2 atom stereocenters. The van der Waals surface area contributed by atoms with Gasteiger partial charge >= 0.3 is 5.97 Å². The first-order valence-electron chi connectivity index (χ1n) is 6.11. The first kappa shape index (κ1) is 14.0. The highest BCUT2D eigenvalue weighted by Gasteiger charge is 2.36. The number of methoxy groups -OCH3 is 1. The zero-order chi connectivity index (χ0) is 13.0. The molecule has 1 amide bonds. The van der Waals surface area contributed by atoms with Crippen molar-refractivity contribution in [1.82, 2.24) is 4.90 Å². The minimum atomic E-state index is -0.514. The first-order chi connectivity index (χ1) is 7.97.